The molecule has 0 aliphatic carbocycles. The van der Waals surface area contributed by atoms with E-state index in [-0.39, 0.29) is 39.7 Å². The van der Waals surface area contributed by atoms with Gasteiger partial charge < -0.3 is 26.3 Å². The van der Waals surface area contributed by atoms with Gasteiger partial charge in [-0.15, -0.1) is 0 Å². The van der Waals surface area contributed by atoms with Crippen LogP contribution in [0.1, 0.15) is 0 Å². The number of nitro benzene ring substituents is 2. The van der Waals surface area contributed by atoms with Crippen LogP contribution in [-0.4, -0.2) is 23.0 Å². The Labute approximate surface area is 135 Å². The summed E-state index contributed by atoms with van der Waals surface area (Å²) >= 11 is 0. The summed E-state index contributed by atoms with van der Waals surface area (Å²) in [6.45, 7) is 0. The fourth-order valence-electron chi connectivity index (χ4n) is 1.75. The molecule has 0 aliphatic heterocycles. The summed E-state index contributed by atoms with van der Waals surface area (Å²) in [6.07, 6.45) is 0. The largest absolute Gasteiger partial charge is 0.576 e. The first kappa shape index (κ1) is 18.5. The third-order valence-electron chi connectivity index (χ3n) is 2.79. The van der Waals surface area contributed by atoms with Crippen molar-refractivity contribution in [1.82, 2.24) is 0 Å². The summed E-state index contributed by atoms with van der Waals surface area (Å²) in [5.74, 6) is -0.219. The Morgan fingerprint density at radius 1 is 0.833 bits per heavy atom. The Bertz CT molecular complexity index is 708. The quantitative estimate of drug-likeness (QED) is 0.331. The molecular weight excluding hydrogens is 323 g/mol. The predicted molar refractivity (Wildman–Crippen MR) is 87.0 cm³/mol. The summed E-state index contributed by atoms with van der Waals surface area (Å²) in [5.41, 5.74) is 11.0. The summed E-state index contributed by atoms with van der Waals surface area (Å²) in [4.78, 5) is 20.5. The lowest BCUT2D eigenvalue weighted by atomic mass is 10.2. The number of nitro groups is 2. The van der Waals surface area contributed by atoms with Crippen molar-refractivity contribution < 1.29 is 24.6 Å². The molecule has 126 valence electrons. The van der Waals surface area contributed by atoms with Crippen LogP contribution >= 0.6 is 0 Å². The van der Waals surface area contributed by atoms with Gasteiger partial charge in [0.2, 0.25) is 0 Å². The fraction of sp³-hybridized carbons (Fsp3) is 0. The highest BCUT2D eigenvalue weighted by Crippen LogP contribution is 2.31. The van der Waals surface area contributed by atoms with Crippen LogP contribution in [0, 0.1) is 20.2 Å². The molecule has 0 spiro atoms. The maximum atomic E-state index is 10.9. The number of hydrogen-bond acceptors (Lipinski definition) is 8. The molecule has 0 unspecified atom stereocenters. The molecule has 0 bridgehead atoms. The van der Waals surface area contributed by atoms with Crippen molar-refractivity contribution in [3.63, 3.8) is 0 Å². The number of benzene rings is 2. The Morgan fingerprint density at radius 3 is 1.54 bits per heavy atom. The summed E-state index contributed by atoms with van der Waals surface area (Å²) in [5, 5.41) is 21.8. The second-order valence-electron chi connectivity index (χ2n) is 4.38. The lowest BCUT2D eigenvalue weighted by Crippen LogP contribution is -2.13. The number of nitrogens with two attached hydrogens (primary N) is 2. The number of nitrogens with zero attached hydrogens (tertiary/aromatic N) is 2. The molecule has 2 rings (SSSR count). The van der Waals surface area contributed by atoms with Gasteiger partial charge in [-0.25, -0.2) is 0 Å². The molecule has 11 nitrogen and oxygen atoms in total. The fourth-order valence-corrected chi connectivity index (χ4v) is 1.75. The zero-order chi connectivity index (χ0) is 17.0. The van der Waals surface area contributed by atoms with Crippen LogP contribution in [0.2, 0.25) is 0 Å². The minimum atomic E-state index is -0.641. The smallest absolute Gasteiger partial charge is 0.524 e. The minimum Gasteiger partial charge on any atom is -0.524 e. The third kappa shape index (κ3) is 4.24. The van der Waals surface area contributed by atoms with E-state index in [1.807, 2.05) is 0 Å². The standard InChI is InChI=1S/C12H11BN4O6.H2O/c14-7-1-3-9(16(18)19)11(5-7)22-13-23-12-6-8(15)2-4-10(12)17(20)21;/h1-6,13H,14-15H2;1H2. The van der Waals surface area contributed by atoms with Crippen molar-refractivity contribution in [2.45, 2.75) is 0 Å². The zero-order valence-corrected chi connectivity index (χ0v) is 12.2. The van der Waals surface area contributed by atoms with Crippen LogP contribution in [0.3, 0.4) is 0 Å². The average Bonchev–Trinajstić information content (AvgIpc) is 2.46. The molecule has 0 saturated heterocycles. The van der Waals surface area contributed by atoms with E-state index < -0.39 is 17.5 Å². The van der Waals surface area contributed by atoms with E-state index in [1.165, 1.54) is 36.4 Å². The van der Waals surface area contributed by atoms with Gasteiger partial charge in [-0.2, -0.15) is 0 Å². The molecule has 0 fully saturated rings. The van der Waals surface area contributed by atoms with Crippen molar-refractivity contribution in [1.29, 1.82) is 0 Å². The van der Waals surface area contributed by atoms with Gasteiger partial charge in [0.1, 0.15) is 0 Å². The molecule has 0 amide bonds. The van der Waals surface area contributed by atoms with Gasteiger partial charge in [-0.1, -0.05) is 0 Å². The van der Waals surface area contributed by atoms with E-state index in [0.717, 1.165) is 0 Å². The van der Waals surface area contributed by atoms with Crippen LogP contribution in [-0.2, 0) is 0 Å². The molecule has 6 N–H and O–H groups in total. The van der Waals surface area contributed by atoms with Crippen molar-refractivity contribution in [3.8, 4) is 11.5 Å². The zero-order valence-electron chi connectivity index (χ0n) is 12.2. The topological polar surface area (TPSA) is 188 Å². The van der Waals surface area contributed by atoms with E-state index in [1.54, 1.807) is 0 Å². The molecule has 2 aromatic rings. The van der Waals surface area contributed by atoms with Crippen LogP contribution in [0.4, 0.5) is 22.7 Å². The second kappa shape index (κ2) is 7.64. The molecule has 0 radical (unpaired) electrons. The van der Waals surface area contributed by atoms with Crippen molar-refractivity contribution in [3.05, 3.63) is 56.6 Å². The van der Waals surface area contributed by atoms with Gasteiger partial charge in [-0.3, -0.25) is 20.2 Å². The Hall–Kier alpha value is -3.54. The molecule has 12 heteroatoms. The first-order chi connectivity index (χ1) is 10.9. The first-order valence-electron chi connectivity index (χ1n) is 6.22. The van der Waals surface area contributed by atoms with Crippen LogP contribution < -0.4 is 20.8 Å². The van der Waals surface area contributed by atoms with Gasteiger partial charge in [0.05, 0.1) is 9.85 Å². The number of rotatable bonds is 6. The maximum absolute atomic E-state index is 10.9. The molecule has 0 aliphatic rings. The van der Waals surface area contributed by atoms with Crippen LogP contribution in [0.5, 0.6) is 11.5 Å². The van der Waals surface area contributed by atoms with Crippen LogP contribution in [0.25, 0.3) is 0 Å². The highest BCUT2D eigenvalue weighted by molar-refractivity contribution is 6.21. The monoisotopic (exact) mass is 336 g/mol. The summed E-state index contributed by atoms with van der Waals surface area (Å²) in [7, 11) is -0.491. The van der Waals surface area contributed by atoms with E-state index in [4.69, 9.17) is 20.8 Å². The second-order valence-corrected chi connectivity index (χ2v) is 4.38. The Morgan fingerprint density at radius 2 is 1.21 bits per heavy atom. The normalized spacial score (nSPS) is 9.50. The summed E-state index contributed by atoms with van der Waals surface area (Å²) in [6, 6.07) is 7.61. The maximum Gasteiger partial charge on any atom is 0.576 e. The van der Waals surface area contributed by atoms with E-state index >= 15 is 0 Å². The van der Waals surface area contributed by atoms with E-state index in [2.05, 4.69) is 0 Å². The van der Waals surface area contributed by atoms with Gasteiger partial charge in [0, 0.05) is 35.6 Å². The van der Waals surface area contributed by atoms with Gasteiger partial charge in [0.25, 0.3) is 0 Å². The number of anilines is 2. The Balaban J connectivity index is 0.00000288. The first-order valence-corrected chi connectivity index (χ1v) is 6.22. The SMILES string of the molecule is Nc1ccc([N+](=O)[O-])c(OBOc2cc(N)ccc2[N+](=O)[O-])c1.O. The average molecular weight is 336 g/mol. The van der Waals surface area contributed by atoms with E-state index in [0.29, 0.717) is 0 Å². The molecule has 0 aromatic heterocycles. The molecule has 0 saturated carbocycles. The molecule has 0 heterocycles. The lowest BCUT2D eigenvalue weighted by Gasteiger charge is -2.09. The molecular formula is C12H13BN4O7. The predicted octanol–water partition coefficient (Wildman–Crippen LogP) is 0.567. The van der Waals surface area contributed by atoms with Gasteiger partial charge >= 0.3 is 19.1 Å². The molecule has 2 aromatic carbocycles. The number of nitrogen functional groups attached to an aromatic ring is 2. The van der Waals surface area contributed by atoms with Gasteiger partial charge in [0.15, 0.2) is 11.5 Å². The summed E-state index contributed by atoms with van der Waals surface area (Å²) < 4.78 is 10.3. The van der Waals surface area contributed by atoms with Gasteiger partial charge in [-0.05, 0) is 12.1 Å². The highest BCUT2D eigenvalue weighted by atomic mass is 16.6. The van der Waals surface area contributed by atoms with E-state index in [9.17, 15) is 20.2 Å². The van der Waals surface area contributed by atoms with Crippen molar-refractivity contribution >= 4 is 30.4 Å². The lowest BCUT2D eigenvalue weighted by molar-refractivity contribution is -0.385. The molecule has 24 heavy (non-hydrogen) atoms. The third-order valence-corrected chi connectivity index (χ3v) is 2.79. The number of hydrogen-bond donors (Lipinski definition) is 2. The van der Waals surface area contributed by atoms with Crippen LogP contribution in [0.15, 0.2) is 36.4 Å². The minimum absolute atomic E-state index is 0. The Kier molecular flexibility index (Phi) is 5.90. The molecule has 0 atom stereocenters. The van der Waals surface area contributed by atoms with Crippen molar-refractivity contribution in [2.75, 3.05) is 11.5 Å². The van der Waals surface area contributed by atoms with Crippen molar-refractivity contribution in [2.24, 2.45) is 0 Å². The highest BCUT2D eigenvalue weighted by Gasteiger charge is 2.19.